The van der Waals surface area contributed by atoms with E-state index in [2.05, 4.69) is 59.0 Å². The van der Waals surface area contributed by atoms with Gasteiger partial charge in [-0.25, -0.2) is 4.98 Å². The third kappa shape index (κ3) is 2.83. The molecule has 0 atom stereocenters. The third-order valence-corrected chi connectivity index (χ3v) is 4.36. The van der Waals surface area contributed by atoms with Gasteiger partial charge in [0, 0.05) is 18.5 Å². The number of nitrogen functional groups attached to an aromatic ring is 1. The van der Waals surface area contributed by atoms with Crippen LogP contribution < -0.4 is 10.6 Å². The molecule has 2 heterocycles. The fourth-order valence-electron chi connectivity index (χ4n) is 2.38. The second-order valence-electron chi connectivity index (χ2n) is 5.32. The lowest BCUT2D eigenvalue weighted by molar-refractivity contribution is 0.902. The molecular weight excluding hydrogens is 280 g/mol. The predicted octanol–water partition coefficient (Wildman–Crippen LogP) is 3.53. The van der Waals surface area contributed by atoms with Crippen molar-refractivity contribution in [2.75, 3.05) is 17.7 Å². The van der Waals surface area contributed by atoms with Gasteiger partial charge in [-0.05, 0) is 25.5 Å². The summed E-state index contributed by atoms with van der Waals surface area (Å²) < 4.78 is 0. The summed E-state index contributed by atoms with van der Waals surface area (Å²) in [5.41, 5.74) is 8.36. The molecule has 0 aliphatic carbocycles. The van der Waals surface area contributed by atoms with Crippen LogP contribution in [0.15, 0.2) is 30.3 Å². The molecule has 0 saturated heterocycles. The summed E-state index contributed by atoms with van der Waals surface area (Å²) in [4.78, 5) is 13.0. The summed E-state index contributed by atoms with van der Waals surface area (Å²) in [5.74, 6) is 1.22. The summed E-state index contributed by atoms with van der Waals surface area (Å²) in [5, 5.41) is 1.07. The molecule has 0 radical (unpaired) electrons. The standard InChI is InChI=1S/C16H18N4S/c1-10-4-6-12(7-5-10)9-20(3)14-13-8-11(2)21-15(13)19-16(17)18-14/h4-8H,9H2,1-3H3,(H2,17,18,19). The van der Waals surface area contributed by atoms with Gasteiger partial charge in [0.05, 0.1) is 5.39 Å². The molecule has 21 heavy (non-hydrogen) atoms. The summed E-state index contributed by atoms with van der Waals surface area (Å²) in [6.07, 6.45) is 0. The quantitative estimate of drug-likeness (QED) is 0.803. The molecule has 1 aromatic carbocycles. The van der Waals surface area contributed by atoms with Crippen LogP contribution in [0.25, 0.3) is 10.2 Å². The van der Waals surface area contributed by atoms with E-state index in [4.69, 9.17) is 5.73 Å². The van der Waals surface area contributed by atoms with E-state index in [1.54, 1.807) is 11.3 Å². The van der Waals surface area contributed by atoms with Crippen LogP contribution in [0, 0.1) is 13.8 Å². The van der Waals surface area contributed by atoms with Gasteiger partial charge in [0.1, 0.15) is 10.6 Å². The molecule has 0 amide bonds. The first-order chi connectivity index (χ1) is 10.0. The molecule has 0 spiro atoms. The second kappa shape index (κ2) is 5.33. The van der Waals surface area contributed by atoms with Crippen molar-refractivity contribution < 1.29 is 0 Å². The number of rotatable bonds is 3. The normalized spacial score (nSPS) is 11.0. The first-order valence-corrected chi connectivity index (χ1v) is 7.65. The Kier molecular flexibility index (Phi) is 3.51. The van der Waals surface area contributed by atoms with Crippen LogP contribution in [0.3, 0.4) is 0 Å². The number of anilines is 2. The number of hydrogen-bond acceptors (Lipinski definition) is 5. The third-order valence-electron chi connectivity index (χ3n) is 3.42. The Labute approximate surface area is 128 Å². The largest absolute Gasteiger partial charge is 0.368 e. The van der Waals surface area contributed by atoms with Gasteiger partial charge < -0.3 is 10.6 Å². The fraction of sp³-hybridized carbons (Fsp3) is 0.250. The number of benzene rings is 1. The molecule has 0 unspecified atom stereocenters. The highest BCUT2D eigenvalue weighted by atomic mass is 32.1. The number of nitrogens with two attached hydrogens (primary N) is 1. The van der Waals surface area contributed by atoms with Crippen molar-refractivity contribution in [1.82, 2.24) is 9.97 Å². The summed E-state index contributed by atoms with van der Waals surface area (Å²) >= 11 is 1.65. The van der Waals surface area contributed by atoms with E-state index in [1.165, 1.54) is 16.0 Å². The first-order valence-electron chi connectivity index (χ1n) is 6.83. The number of fused-ring (bicyclic) bond motifs is 1. The van der Waals surface area contributed by atoms with E-state index >= 15 is 0 Å². The summed E-state index contributed by atoms with van der Waals surface area (Å²) in [6, 6.07) is 10.7. The van der Waals surface area contributed by atoms with Gasteiger partial charge in [-0.15, -0.1) is 11.3 Å². The number of aryl methyl sites for hydroxylation is 2. The van der Waals surface area contributed by atoms with Crippen molar-refractivity contribution in [3.8, 4) is 0 Å². The minimum absolute atomic E-state index is 0.329. The van der Waals surface area contributed by atoms with E-state index < -0.39 is 0 Å². The molecule has 4 nitrogen and oxygen atoms in total. The Bertz CT molecular complexity index is 777. The predicted molar refractivity (Wildman–Crippen MR) is 89.9 cm³/mol. The molecule has 108 valence electrons. The number of thiophene rings is 1. The van der Waals surface area contributed by atoms with Gasteiger partial charge in [0.2, 0.25) is 5.95 Å². The van der Waals surface area contributed by atoms with E-state index in [0.29, 0.717) is 5.95 Å². The molecule has 3 aromatic rings. The van der Waals surface area contributed by atoms with Gasteiger partial charge in [-0.3, -0.25) is 0 Å². The van der Waals surface area contributed by atoms with Crippen LogP contribution in [-0.2, 0) is 6.54 Å². The Balaban J connectivity index is 1.97. The molecule has 0 saturated carbocycles. The van der Waals surface area contributed by atoms with Crippen LogP contribution in [-0.4, -0.2) is 17.0 Å². The number of aromatic nitrogens is 2. The Hall–Kier alpha value is -2.14. The second-order valence-corrected chi connectivity index (χ2v) is 6.56. The topological polar surface area (TPSA) is 55.0 Å². The van der Waals surface area contributed by atoms with Crippen molar-refractivity contribution in [1.29, 1.82) is 0 Å². The van der Waals surface area contributed by atoms with Crippen molar-refractivity contribution in [3.63, 3.8) is 0 Å². The SMILES string of the molecule is Cc1ccc(CN(C)c2nc(N)nc3sc(C)cc23)cc1. The molecule has 2 aromatic heterocycles. The molecule has 0 aliphatic heterocycles. The molecule has 0 aliphatic rings. The van der Waals surface area contributed by atoms with Gasteiger partial charge in [0.25, 0.3) is 0 Å². The number of hydrogen-bond donors (Lipinski definition) is 1. The lowest BCUT2D eigenvalue weighted by Crippen LogP contribution is -2.18. The lowest BCUT2D eigenvalue weighted by atomic mass is 10.1. The maximum Gasteiger partial charge on any atom is 0.223 e. The Morgan fingerprint density at radius 3 is 2.57 bits per heavy atom. The summed E-state index contributed by atoms with van der Waals surface area (Å²) in [7, 11) is 2.04. The van der Waals surface area contributed by atoms with Gasteiger partial charge >= 0.3 is 0 Å². The van der Waals surface area contributed by atoms with Crippen LogP contribution in [0.1, 0.15) is 16.0 Å². The van der Waals surface area contributed by atoms with Crippen LogP contribution >= 0.6 is 11.3 Å². The van der Waals surface area contributed by atoms with Crippen LogP contribution in [0.2, 0.25) is 0 Å². The molecule has 0 bridgehead atoms. The maximum atomic E-state index is 5.84. The van der Waals surface area contributed by atoms with E-state index in [1.807, 2.05) is 7.05 Å². The van der Waals surface area contributed by atoms with Crippen molar-refractivity contribution in [2.24, 2.45) is 0 Å². The minimum atomic E-state index is 0.329. The lowest BCUT2D eigenvalue weighted by Gasteiger charge is -2.19. The van der Waals surface area contributed by atoms with E-state index in [0.717, 1.165) is 22.6 Å². The zero-order valence-electron chi connectivity index (χ0n) is 12.4. The monoisotopic (exact) mass is 298 g/mol. The fourth-order valence-corrected chi connectivity index (χ4v) is 3.26. The molecule has 5 heteroatoms. The molecular formula is C16H18N4S. The van der Waals surface area contributed by atoms with Gasteiger partial charge in [0.15, 0.2) is 0 Å². The highest BCUT2D eigenvalue weighted by Crippen LogP contribution is 2.31. The minimum Gasteiger partial charge on any atom is -0.368 e. The Morgan fingerprint density at radius 1 is 1.14 bits per heavy atom. The Morgan fingerprint density at radius 2 is 1.86 bits per heavy atom. The zero-order valence-corrected chi connectivity index (χ0v) is 13.2. The maximum absolute atomic E-state index is 5.84. The zero-order chi connectivity index (χ0) is 15.0. The smallest absolute Gasteiger partial charge is 0.223 e. The van der Waals surface area contributed by atoms with Gasteiger partial charge in [-0.2, -0.15) is 4.98 Å². The van der Waals surface area contributed by atoms with Gasteiger partial charge in [-0.1, -0.05) is 29.8 Å². The highest BCUT2D eigenvalue weighted by molar-refractivity contribution is 7.18. The van der Waals surface area contributed by atoms with Crippen LogP contribution in [0.5, 0.6) is 0 Å². The molecule has 0 fully saturated rings. The molecule has 2 N–H and O–H groups in total. The average Bonchev–Trinajstić information content (AvgIpc) is 2.80. The van der Waals surface area contributed by atoms with Crippen molar-refractivity contribution in [3.05, 3.63) is 46.3 Å². The van der Waals surface area contributed by atoms with E-state index in [9.17, 15) is 0 Å². The number of nitrogens with zero attached hydrogens (tertiary/aromatic N) is 3. The first kappa shape index (κ1) is 13.8. The molecule has 3 rings (SSSR count). The highest BCUT2D eigenvalue weighted by Gasteiger charge is 2.13. The summed E-state index contributed by atoms with van der Waals surface area (Å²) in [6.45, 7) is 4.96. The van der Waals surface area contributed by atoms with Crippen molar-refractivity contribution in [2.45, 2.75) is 20.4 Å². The van der Waals surface area contributed by atoms with Crippen molar-refractivity contribution >= 4 is 33.3 Å². The van der Waals surface area contributed by atoms with E-state index in [-0.39, 0.29) is 0 Å². The van der Waals surface area contributed by atoms with Crippen LogP contribution in [0.4, 0.5) is 11.8 Å². The average molecular weight is 298 g/mol.